The van der Waals surface area contributed by atoms with Crippen LogP contribution in [0.1, 0.15) is 12.6 Å². The summed E-state index contributed by atoms with van der Waals surface area (Å²) < 4.78 is 39.7. The lowest BCUT2D eigenvalue weighted by Crippen LogP contribution is -2.33. The number of anilines is 1. The number of hydrogen-bond donors (Lipinski definition) is 1. The van der Waals surface area contributed by atoms with Gasteiger partial charge >= 0.3 is 12.1 Å². The van der Waals surface area contributed by atoms with Crippen molar-refractivity contribution in [1.29, 1.82) is 0 Å². The quantitative estimate of drug-likeness (QED) is 0.931. The van der Waals surface area contributed by atoms with E-state index in [0.29, 0.717) is 17.6 Å². The van der Waals surface area contributed by atoms with Crippen LogP contribution in [0.5, 0.6) is 0 Å². The van der Waals surface area contributed by atoms with Crippen LogP contribution in [0.2, 0.25) is 0 Å². The van der Waals surface area contributed by atoms with Crippen LogP contribution in [0.4, 0.5) is 18.9 Å². The number of carboxylic acids is 1. The average Bonchev–Trinajstić information content (AvgIpc) is 2.99. The van der Waals surface area contributed by atoms with Crippen LogP contribution in [-0.4, -0.2) is 35.3 Å². The molecule has 0 bridgehead atoms. The van der Waals surface area contributed by atoms with Crippen LogP contribution < -0.4 is 4.90 Å². The number of halogens is 3. The first-order valence-electron chi connectivity index (χ1n) is 7.74. The minimum Gasteiger partial charge on any atom is -0.481 e. The SMILES string of the molecule is CCc1cc(N2C[C@@H](C(F)(F)F)[C@H](C(=O)O)C2)c2ccccc2n1. The summed E-state index contributed by atoms with van der Waals surface area (Å²) in [5.41, 5.74) is 2.09. The van der Waals surface area contributed by atoms with Gasteiger partial charge in [-0.25, -0.2) is 0 Å². The van der Waals surface area contributed by atoms with E-state index < -0.39 is 24.0 Å². The Hall–Kier alpha value is -2.31. The number of nitrogens with zero attached hydrogens (tertiary/aromatic N) is 2. The van der Waals surface area contributed by atoms with Gasteiger partial charge in [-0.15, -0.1) is 0 Å². The van der Waals surface area contributed by atoms with Crippen LogP contribution >= 0.6 is 0 Å². The molecular formula is C17H17F3N2O2. The molecular weight excluding hydrogens is 321 g/mol. The average molecular weight is 338 g/mol. The fourth-order valence-electron chi connectivity index (χ4n) is 3.24. The van der Waals surface area contributed by atoms with Gasteiger partial charge in [0, 0.05) is 29.9 Å². The first-order chi connectivity index (χ1) is 11.3. The second-order valence-electron chi connectivity index (χ2n) is 6.00. The lowest BCUT2D eigenvalue weighted by Gasteiger charge is -2.22. The number of carbonyl (C=O) groups is 1. The smallest absolute Gasteiger partial charge is 0.394 e. The summed E-state index contributed by atoms with van der Waals surface area (Å²) in [7, 11) is 0. The Morgan fingerprint density at radius 1 is 1.33 bits per heavy atom. The van der Waals surface area contributed by atoms with Gasteiger partial charge in [0.1, 0.15) is 0 Å². The van der Waals surface area contributed by atoms with Gasteiger partial charge < -0.3 is 10.0 Å². The molecule has 7 heteroatoms. The van der Waals surface area contributed by atoms with Crippen LogP contribution in [0.15, 0.2) is 30.3 Å². The molecule has 1 aromatic carbocycles. The lowest BCUT2D eigenvalue weighted by molar-refractivity contribution is -0.187. The monoisotopic (exact) mass is 338 g/mol. The number of aromatic nitrogens is 1. The van der Waals surface area contributed by atoms with Gasteiger partial charge in [-0.1, -0.05) is 25.1 Å². The highest BCUT2D eigenvalue weighted by Gasteiger charge is 2.52. The number of alkyl halides is 3. The minimum absolute atomic E-state index is 0.156. The summed E-state index contributed by atoms with van der Waals surface area (Å²) >= 11 is 0. The first-order valence-corrected chi connectivity index (χ1v) is 7.74. The van der Waals surface area contributed by atoms with Gasteiger partial charge in [0.2, 0.25) is 0 Å². The summed E-state index contributed by atoms with van der Waals surface area (Å²) in [6.45, 7) is 1.41. The summed E-state index contributed by atoms with van der Waals surface area (Å²) in [6.07, 6.45) is -3.88. The maximum Gasteiger partial charge on any atom is 0.394 e. The van der Waals surface area contributed by atoms with E-state index in [2.05, 4.69) is 4.98 Å². The minimum atomic E-state index is -4.53. The largest absolute Gasteiger partial charge is 0.481 e. The van der Waals surface area contributed by atoms with E-state index in [1.54, 1.807) is 18.2 Å². The highest BCUT2D eigenvalue weighted by atomic mass is 19.4. The molecule has 0 spiro atoms. The molecule has 1 aromatic heterocycles. The molecule has 0 amide bonds. The molecule has 1 aliphatic rings. The third-order valence-electron chi connectivity index (χ3n) is 4.51. The van der Waals surface area contributed by atoms with Crippen molar-refractivity contribution < 1.29 is 23.1 Å². The molecule has 0 saturated carbocycles. The summed E-state index contributed by atoms with van der Waals surface area (Å²) in [6, 6.07) is 8.99. The number of benzene rings is 1. The number of aryl methyl sites for hydroxylation is 1. The highest BCUT2D eigenvalue weighted by Crippen LogP contribution is 2.41. The van der Waals surface area contributed by atoms with Crippen molar-refractivity contribution in [2.75, 3.05) is 18.0 Å². The van der Waals surface area contributed by atoms with Gasteiger partial charge in [-0.05, 0) is 18.6 Å². The third-order valence-corrected chi connectivity index (χ3v) is 4.51. The number of fused-ring (bicyclic) bond motifs is 1. The van der Waals surface area contributed by atoms with Crippen LogP contribution in [0, 0.1) is 11.8 Å². The summed E-state index contributed by atoms with van der Waals surface area (Å²) in [4.78, 5) is 17.3. The molecule has 2 heterocycles. The van der Waals surface area contributed by atoms with Crippen molar-refractivity contribution in [3.8, 4) is 0 Å². The van der Waals surface area contributed by atoms with Gasteiger partial charge in [-0.3, -0.25) is 9.78 Å². The van der Waals surface area contributed by atoms with E-state index >= 15 is 0 Å². The number of aliphatic carboxylic acids is 1. The Morgan fingerprint density at radius 3 is 2.62 bits per heavy atom. The van der Waals surface area contributed by atoms with E-state index in [-0.39, 0.29) is 13.1 Å². The molecule has 24 heavy (non-hydrogen) atoms. The van der Waals surface area contributed by atoms with Crippen molar-refractivity contribution in [3.05, 3.63) is 36.0 Å². The van der Waals surface area contributed by atoms with Gasteiger partial charge in [0.25, 0.3) is 0 Å². The maximum absolute atomic E-state index is 13.2. The van der Waals surface area contributed by atoms with Gasteiger partial charge in [0.05, 0.1) is 17.4 Å². The number of hydrogen-bond acceptors (Lipinski definition) is 3. The standard InChI is InChI=1S/C17H17F3N2O2/c1-2-10-7-15(11-5-3-4-6-14(11)21-10)22-8-12(16(23)24)13(9-22)17(18,19)20/h3-7,12-13H,2,8-9H2,1H3,(H,23,24)/t12-,13-/m1/s1. The highest BCUT2D eigenvalue weighted by molar-refractivity contribution is 5.92. The molecule has 1 saturated heterocycles. The molecule has 2 aromatic rings. The molecule has 1 aliphatic heterocycles. The molecule has 0 radical (unpaired) electrons. The second-order valence-corrected chi connectivity index (χ2v) is 6.00. The van der Waals surface area contributed by atoms with E-state index in [1.165, 1.54) is 4.90 Å². The van der Waals surface area contributed by atoms with Crippen molar-refractivity contribution in [2.24, 2.45) is 11.8 Å². The van der Waals surface area contributed by atoms with Crippen LogP contribution in [0.25, 0.3) is 10.9 Å². The third kappa shape index (κ3) is 2.90. The maximum atomic E-state index is 13.2. The molecule has 128 valence electrons. The molecule has 1 N–H and O–H groups in total. The molecule has 2 atom stereocenters. The molecule has 0 unspecified atom stereocenters. The van der Waals surface area contributed by atoms with Crippen molar-refractivity contribution in [2.45, 2.75) is 19.5 Å². The van der Waals surface area contributed by atoms with E-state index in [9.17, 15) is 23.1 Å². The Balaban J connectivity index is 2.06. The summed E-state index contributed by atoms with van der Waals surface area (Å²) in [5, 5.41) is 9.92. The number of pyridine rings is 1. The van der Waals surface area contributed by atoms with Crippen LogP contribution in [-0.2, 0) is 11.2 Å². The van der Waals surface area contributed by atoms with E-state index in [0.717, 1.165) is 11.1 Å². The fourth-order valence-corrected chi connectivity index (χ4v) is 3.24. The van der Waals surface area contributed by atoms with Crippen molar-refractivity contribution in [1.82, 2.24) is 4.98 Å². The lowest BCUT2D eigenvalue weighted by atomic mass is 9.96. The zero-order chi connectivity index (χ0) is 17.5. The second kappa shape index (κ2) is 5.96. The van der Waals surface area contributed by atoms with Crippen molar-refractivity contribution in [3.63, 3.8) is 0 Å². The topological polar surface area (TPSA) is 53.4 Å². The number of carboxylic acid groups (broad SMARTS) is 1. The van der Waals surface area contributed by atoms with E-state index in [4.69, 9.17) is 0 Å². The molecule has 0 aliphatic carbocycles. The Morgan fingerprint density at radius 2 is 2.04 bits per heavy atom. The molecule has 1 fully saturated rings. The number of rotatable bonds is 3. The number of para-hydroxylation sites is 1. The Kier molecular flexibility index (Phi) is 4.11. The fraction of sp³-hybridized carbons (Fsp3) is 0.412. The predicted octanol–water partition coefficient (Wildman–Crippen LogP) is 3.50. The normalized spacial score (nSPS) is 21.4. The predicted molar refractivity (Wildman–Crippen MR) is 84.0 cm³/mol. The Bertz CT molecular complexity index is 776. The molecule has 4 nitrogen and oxygen atoms in total. The van der Waals surface area contributed by atoms with Gasteiger partial charge in [-0.2, -0.15) is 13.2 Å². The zero-order valence-corrected chi connectivity index (χ0v) is 13.0. The molecule has 3 rings (SSSR count). The zero-order valence-electron chi connectivity index (χ0n) is 13.0. The van der Waals surface area contributed by atoms with E-state index in [1.807, 2.05) is 19.1 Å². The van der Waals surface area contributed by atoms with Gasteiger partial charge in [0.15, 0.2) is 0 Å². The summed E-state index contributed by atoms with van der Waals surface area (Å²) in [5.74, 6) is -4.73. The Labute approximate surface area is 136 Å². The van der Waals surface area contributed by atoms with Crippen LogP contribution in [0.3, 0.4) is 0 Å². The first kappa shape index (κ1) is 16.5. The van der Waals surface area contributed by atoms with Crippen molar-refractivity contribution >= 4 is 22.6 Å².